The van der Waals surface area contributed by atoms with Gasteiger partial charge in [-0.3, -0.25) is 4.57 Å². The summed E-state index contributed by atoms with van der Waals surface area (Å²) in [5, 5.41) is 8.32. The maximum atomic E-state index is 5.42. The standard InChI is InChI=1S/C55H38N4/c1-35-12-11-13-39(32-35)36-22-25-38(26-23-36)54-44-17-5-8-19-48(44)56-55(57-54)59-50-21-10-7-18-45(50)53-46-33-40(27-24-37(46)28-31-52(53)59)41-29-30-51-47(34-41)43-16-6-9-20-49(43)58(51)42-14-3-2-4-15-42/h2-31,33-35H,32H2,1H3. The molecular weight excluding hydrogens is 717 g/mol. The fourth-order valence-corrected chi connectivity index (χ4v) is 9.48. The summed E-state index contributed by atoms with van der Waals surface area (Å²) in [5.41, 5.74) is 13.7. The largest absolute Gasteiger partial charge is 0.309 e. The van der Waals surface area contributed by atoms with E-state index in [4.69, 9.17) is 9.97 Å². The number of fused-ring (bicyclic) bond motifs is 9. The van der Waals surface area contributed by atoms with E-state index in [0.29, 0.717) is 11.9 Å². The molecule has 3 aromatic heterocycles. The molecule has 4 nitrogen and oxygen atoms in total. The van der Waals surface area contributed by atoms with Gasteiger partial charge in [0.2, 0.25) is 5.95 Å². The Hall–Kier alpha value is -7.56. The summed E-state index contributed by atoms with van der Waals surface area (Å²) in [6.07, 6.45) is 7.75. The average molecular weight is 755 g/mol. The van der Waals surface area contributed by atoms with E-state index in [2.05, 4.69) is 210 Å². The average Bonchev–Trinajstić information content (AvgIpc) is 3.82. The van der Waals surface area contributed by atoms with Crippen LogP contribution in [0.5, 0.6) is 0 Å². The highest BCUT2D eigenvalue weighted by molar-refractivity contribution is 6.22. The van der Waals surface area contributed by atoms with E-state index < -0.39 is 0 Å². The molecule has 1 unspecified atom stereocenters. The topological polar surface area (TPSA) is 35.6 Å². The van der Waals surface area contributed by atoms with Crippen LogP contribution in [0.15, 0.2) is 194 Å². The van der Waals surface area contributed by atoms with Gasteiger partial charge in [-0.2, -0.15) is 0 Å². The lowest BCUT2D eigenvalue weighted by Gasteiger charge is -2.15. The van der Waals surface area contributed by atoms with Crippen molar-refractivity contribution < 1.29 is 0 Å². The van der Waals surface area contributed by atoms with Crippen LogP contribution in [0.1, 0.15) is 18.9 Å². The summed E-state index contributed by atoms with van der Waals surface area (Å²) in [4.78, 5) is 10.7. The molecule has 1 aliphatic carbocycles. The molecule has 4 heteroatoms. The molecule has 0 fully saturated rings. The zero-order chi connectivity index (χ0) is 39.0. The lowest BCUT2D eigenvalue weighted by Crippen LogP contribution is -2.03. The predicted octanol–water partition coefficient (Wildman–Crippen LogP) is 14.3. The molecule has 0 N–H and O–H groups in total. The smallest absolute Gasteiger partial charge is 0.235 e. The Morgan fingerprint density at radius 3 is 1.90 bits per heavy atom. The van der Waals surface area contributed by atoms with Crippen molar-refractivity contribution in [3.63, 3.8) is 0 Å². The van der Waals surface area contributed by atoms with Crippen molar-refractivity contribution in [2.45, 2.75) is 13.3 Å². The van der Waals surface area contributed by atoms with Crippen LogP contribution in [0.4, 0.5) is 0 Å². The number of para-hydroxylation sites is 4. The van der Waals surface area contributed by atoms with Gasteiger partial charge in [0, 0.05) is 38.2 Å². The molecule has 59 heavy (non-hydrogen) atoms. The Labute approximate surface area is 341 Å². The number of hydrogen-bond acceptors (Lipinski definition) is 2. The monoisotopic (exact) mass is 754 g/mol. The summed E-state index contributed by atoms with van der Waals surface area (Å²) in [5.74, 6) is 1.21. The SMILES string of the molecule is CC1C=CC=C(c2ccc(-c3nc(-n4c5ccccc5c5c6cc(-c7ccc8c(c7)c7ccccc7n8-c7ccccc7)ccc6ccc54)nc4ccccc34)cc2)C1. The number of hydrogen-bond donors (Lipinski definition) is 0. The van der Waals surface area contributed by atoms with E-state index in [9.17, 15) is 0 Å². The van der Waals surface area contributed by atoms with Gasteiger partial charge in [0.25, 0.3) is 0 Å². The normalized spacial score (nSPS) is 14.3. The molecule has 0 saturated heterocycles. The van der Waals surface area contributed by atoms with Crippen molar-refractivity contribution >= 4 is 70.9 Å². The molecule has 0 radical (unpaired) electrons. The highest BCUT2D eigenvalue weighted by atomic mass is 15.2. The van der Waals surface area contributed by atoms with Gasteiger partial charge in [-0.1, -0.05) is 146 Å². The molecule has 0 amide bonds. The second-order valence-corrected chi connectivity index (χ2v) is 15.9. The summed E-state index contributed by atoms with van der Waals surface area (Å²) in [7, 11) is 0. The van der Waals surface area contributed by atoms with Gasteiger partial charge in [0.1, 0.15) is 0 Å². The van der Waals surface area contributed by atoms with Gasteiger partial charge in [0.15, 0.2) is 0 Å². The van der Waals surface area contributed by atoms with Crippen molar-refractivity contribution in [2.75, 3.05) is 0 Å². The minimum atomic E-state index is 0.543. The van der Waals surface area contributed by atoms with Crippen LogP contribution in [0.3, 0.4) is 0 Å². The van der Waals surface area contributed by atoms with Crippen LogP contribution in [0, 0.1) is 5.92 Å². The number of aromatic nitrogens is 4. The summed E-state index contributed by atoms with van der Waals surface area (Å²) >= 11 is 0. The number of allylic oxidation sites excluding steroid dienone is 4. The fraction of sp³-hybridized carbons (Fsp3) is 0.0545. The Bertz CT molecular complexity index is 3530. The van der Waals surface area contributed by atoms with Crippen LogP contribution in [0.25, 0.3) is 105 Å². The first kappa shape index (κ1) is 33.6. The highest BCUT2D eigenvalue weighted by Crippen LogP contribution is 2.40. The lowest BCUT2D eigenvalue weighted by molar-refractivity contribution is 0.749. The first-order chi connectivity index (χ1) is 29.2. The Morgan fingerprint density at radius 2 is 1.08 bits per heavy atom. The van der Waals surface area contributed by atoms with E-state index in [1.807, 2.05) is 0 Å². The number of rotatable bonds is 5. The highest BCUT2D eigenvalue weighted by Gasteiger charge is 2.20. The fourth-order valence-electron chi connectivity index (χ4n) is 9.48. The van der Waals surface area contributed by atoms with Crippen molar-refractivity contribution in [2.24, 2.45) is 5.92 Å². The minimum Gasteiger partial charge on any atom is -0.309 e. The van der Waals surface area contributed by atoms with E-state index in [1.165, 1.54) is 65.6 Å². The Morgan fingerprint density at radius 1 is 0.475 bits per heavy atom. The van der Waals surface area contributed by atoms with Crippen LogP contribution in [-0.4, -0.2) is 19.1 Å². The number of nitrogens with zero attached hydrogens (tertiary/aromatic N) is 4. The first-order valence-corrected chi connectivity index (χ1v) is 20.5. The predicted molar refractivity (Wildman–Crippen MR) is 247 cm³/mol. The Kier molecular flexibility index (Phi) is 7.54. The number of benzene rings is 8. The zero-order valence-corrected chi connectivity index (χ0v) is 32.5. The van der Waals surface area contributed by atoms with E-state index >= 15 is 0 Å². The van der Waals surface area contributed by atoms with Crippen molar-refractivity contribution in [3.8, 4) is 34.0 Å². The zero-order valence-electron chi connectivity index (χ0n) is 32.5. The van der Waals surface area contributed by atoms with Gasteiger partial charge >= 0.3 is 0 Å². The minimum absolute atomic E-state index is 0.543. The maximum absolute atomic E-state index is 5.42. The van der Waals surface area contributed by atoms with Crippen LogP contribution >= 0.6 is 0 Å². The van der Waals surface area contributed by atoms with Gasteiger partial charge in [-0.15, -0.1) is 0 Å². The summed E-state index contributed by atoms with van der Waals surface area (Å²) < 4.78 is 4.63. The third kappa shape index (κ3) is 5.37. The van der Waals surface area contributed by atoms with Crippen LogP contribution in [0.2, 0.25) is 0 Å². The second-order valence-electron chi connectivity index (χ2n) is 15.9. The van der Waals surface area contributed by atoms with Gasteiger partial charge < -0.3 is 4.57 Å². The van der Waals surface area contributed by atoms with Gasteiger partial charge in [-0.25, -0.2) is 9.97 Å². The second kappa shape index (κ2) is 13.3. The van der Waals surface area contributed by atoms with E-state index in [0.717, 1.165) is 45.3 Å². The molecule has 0 aliphatic heterocycles. The molecule has 1 atom stereocenters. The van der Waals surface area contributed by atoms with E-state index in [1.54, 1.807) is 0 Å². The molecule has 3 heterocycles. The van der Waals surface area contributed by atoms with Gasteiger partial charge in [0.05, 0.1) is 33.3 Å². The van der Waals surface area contributed by atoms with Gasteiger partial charge in [-0.05, 0) is 100.0 Å². The van der Waals surface area contributed by atoms with Crippen molar-refractivity contribution in [3.05, 3.63) is 200 Å². The molecule has 8 aromatic carbocycles. The third-order valence-corrected chi connectivity index (χ3v) is 12.3. The maximum Gasteiger partial charge on any atom is 0.235 e. The lowest BCUT2D eigenvalue weighted by atomic mass is 9.90. The molecule has 1 aliphatic rings. The van der Waals surface area contributed by atoms with Crippen LogP contribution < -0.4 is 0 Å². The molecule has 11 aromatic rings. The molecule has 278 valence electrons. The van der Waals surface area contributed by atoms with Crippen molar-refractivity contribution in [1.29, 1.82) is 0 Å². The van der Waals surface area contributed by atoms with E-state index in [-0.39, 0.29) is 0 Å². The molecular formula is C55H38N4. The van der Waals surface area contributed by atoms with Crippen molar-refractivity contribution in [1.82, 2.24) is 19.1 Å². The third-order valence-electron chi connectivity index (χ3n) is 12.3. The summed E-state index contributed by atoms with van der Waals surface area (Å²) in [6, 6.07) is 63.6. The Balaban J connectivity index is 1.03. The first-order valence-electron chi connectivity index (χ1n) is 20.5. The summed E-state index contributed by atoms with van der Waals surface area (Å²) in [6.45, 7) is 2.27. The molecule has 0 spiro atoms. The molecule has 0 bridgehead atoms. The molecule has 0 saturated carbocycles. The quantitative estimate of drug-likeness (QED) is 0.175. The molecule has 12 rings (SSSR count). The van der Waals surface area contributed by atoms with Crippen LogP contribution in [-0.2, 0) is 0 Å².